The average Bonchev–Trinajstić information content (AvgIpc) is 2.19. The van der Waals surface area contributed by atoms with Crippen molar-refractivity contribution >= 4 is 0 Å². The molecule has 14 heavy (non-hydrogen) atoms. The van der Waals surface area contributed by atoms with Crippen molar-refractivity contribution in [3.63, 3.8) is 0 Å². The Morgan fingerprint density at radius 1 is 1.29 bits per heavy atom. The molecule has 0 unspecified atom stereocenters. The molecule has 1 N–H and O–H groups in total. The van der Waals surface area contributed by atoms with Crippen LogP contribution in [0.15, 0.2) is 24.3 Å². The Labute approximate surface area is 85.5 Å². The van der Waals surface area contributed by atoms with Crippen molar-refractivity contribution in [3.05, 3.63) is 24.3 Å². The number of aromatic hydroxyl groups is 1. The Morgan fingerprint density at radius 3 is 2.57 bits per heavy atom. The summed E-state index contributed by atoms with van der Waals surface area (Å²) in [6.45, 7) is 5.07. The monoisotopic (exact) mass is 194 g/mol. The Balaban J connectivity index is 2.44. The standard InChI is InChI=1S/C12H18O2/c1-3-10(4-2)9-14-12-7-5-6-11(13)8-12/h5-8,10,13H,3-4,9H2,1-2H3. The van der Waals surface area contributed by atoms with Crippen LogP contribution in [0.1, 0.15) is 26.7 Å². The van der Waals surface area contributed by atoms with Gasteiger partial charge < -0.3 is 9.84 Å². The minimum atomic E-state index is 0.257. The van der Waals surface area contributed by atoms with Gasteiger partial charge in [0, 0.05) is 6.07 Å². The summed E-state index contributed by atoms with van der Waals surface area (Å²) >= 11 is 0. The molecular weight excluding hydrogens is 176 g/mol. The summed E-state index contributed by atoms with van der Waals surface area (Å²) in [6.07, 6.45) is 2.27. The number of phenolic OH excluding ortho intramolecular Hbond substituents is 1. The molecule has 1 rings (SSSR count). The van der Waals surface area contributed by atoms with Crippen LogP contribution in [-0.2, 0) is 0 Å². The molecule has 0 heterocycles. The second-order valence-corrected chi connectivity index (χ2v) is 3.49. The van der Waals surface area contributed by atoms with Crippen LogP contribution < -0.4 is 4.74 Å². The molecule has 0 aliphatic rings. The van der Waals surface area contributed by atoms with E-state index in [0.29, 0.717) is 5.92 Å². The Bertz CT molecular complexity index is 267. The van der Waals surface area contributed by atoms with Crippen LogP contribution in [0.2, 0.25) is 0 Å². The molecular formula is C12H18O2. The van der Waals surface area contributed by atoms with Gasteiger partial charge in [0.1, 0.15) is 11.5 Å². The van der Waals surface area contributed by atoms with E-state index in [0.717, 1.165) is 25.2 Å². The maximum absolute atomic E-state index is 9.21. The first-order valence-corrected chi connectivity index (χ1v) is 5.18. The molecule has 0 aliphatic carbocycles. The summed E-state index contributed by atoms with van der Waals surface area (Å²) in [5, 5.41) is 9.21. The van der Waals surface area contributed by atoms with Gasteiger partial charge in [-0.1, -0.05) is 32.8 Å². The number of phenols is 1. The van der Waals surface area contributed by atoms with Crippen LogP contribution in [-0.4, -0.2) is 11.7 Å². The van der Waals surface area contributed by atoms with Crippen molar-refractivity contribution in [3.8, 4) is 11.5 Å². The summed E-state index contributed by atoms with van der Waals surface area (Å²) in [7, 11) is 0. The molecule has 1 aromatic rings. The van der Waals surface area contributed by atoms with E-state index in [9.17, 15) is 5.11 Å². The van der Waals surface area contributed by atoms with Crippen molar-refractivity contribution in [2.75, 3.05) is 6.61 Å². The average molecular weight is 194 g/mol. The van der Waals surface area contributed by atoms with E-state index in [1.807, 2.05) is 6.07 Å². The molecule has 0 atom stereocenters. The molecule has 0 bridgehead atoms. The predicted molar refractivity (Wildman–Crippen MR) is 57.7 cm³/mol. The highest BCUT2D eigenvalue weighted by Crippen LogP contribution is 2.19. The van der Waals surface area contributed by atoms with Gasteiger partial charge in [0.25, 0.3) is 0 Å². The lowest BCUT2D eigenvalue weighted by Gasteiger charge is -2.13. The minimum Gasteiger partial charge on any atom is -0.508 e. The van der Waals surface area contributed by atoms with Gasteiger partial charge in [0.15, 0.2) is 0 Å². The molecule has 1 aromatic carbocycles. The highest BCUT2D eigenvalue weighted by molar-refractivity contribution is 5.31. The summed E-state index contributed by atoms with van der Waals surface area (Å²) < 4.78 is 5.57. The quantitative estimate of drug-likeness (QED) is 0.780. The van der Waals surface area contributed by atoms with Crippen LogP contribution in [0.4, 0.5) is 0 Å². The predicted octanol–water partition coefficient (Wildman–Crippen LogP) is 3.21. The van der Waals surface area contributed by atoms with E-state index in [-0.39, 0.29) is 5.75 Å². The smallest absolute Gasteiger partial charge is 0.122 e. The number of rotatable bonds is 5. The number of hydrogen-bond acceptors (Lipinski definition) is 2. The van der Waals surface area contributed by atoms with Gasteiger partial charge >= 0.3 is 0 Å². The normalized spacial score (nSPS) is 10.5. The topological polar surface area (TPSA) is 29.5 Å². The summed E-state index contributed by atoms with van der Waals surface area (Å²) in [5.74, 6) is 1.61. The van der Waals surface area contributed by atoms with E-state index in [1.165, 1.54) is 0 Å². The van der Waals surface area contributed by atoms with Gasteiger partial charge in [-0.25, -0.2) is 0 Å². The van der Waals surface area contributed by atoms with E-state index in [4.69, 9.17) is 4.74 Å². The summed E-state index contributed by atoms with van der Waals surface area (Å²) in [5.41, 5.74) is 0. The van der Waals surface area contributed by atoms with Crippen LogP contribution >= 0.6 is 0 Å². The second kappa shape index (κ2) is 5.53. The molecule has 78 valence electrons. The largest absolute Gasteiger partial charge is 0.508 e. The first-order chi connectivity index (χ1) is 6.76. The lowest BCUT2D eigenvalue weighted by molar-refractivity contribution is 0.240. The maximum Gasteiger partial charge on any atom is 0.122 e. The number of benzene rings is 1. The third-order valence-corrected chi connectivity index (χ3v) is 2.46. The minimum absolute atomic E-state index is 0.257. The van der Waals surface area contributed by atoms with Gasteiger partial charge in [-0.05, 0) is 18.1 Å². The van der Waals surface area contributed by atoms with Crippen molar-refractivity contribution < 1.29 is 9.84 Å². The third kappa shape index (κ3) is 3.29. The summed E-state index contributed by atoms with van der Waals surface area (Å²) in [6, 6.07) is 6.94. The first kappa shape index (κ1) is 10.9. The number of hydrogen-bond donors (Lipinski definition) is 1. The van der Waals surface area contributed by atoms with Gasteiger partial charge in [-0.15, -0.1) is 0 Å². The fourth-order valence-electron chi connectivity index (χ4n) is 1.31. The zero-order valence-electron chi connectivity index (χ0n) is 8.86. The van der Waals surface area contributed by atoms with E-state index < -0.39 is 0 Å². The Hall–Kier alpha value is -1.18. The van der Waals surface area contributed by atoms with Crippen LogP contribution in [0.25, 0.3) is 0 Å². The van der Waals surface area contributed by atoms with Gasteiger partial charge in [-0.2, -0.15) is 0 Å². The second-order valence-electron chi connectivity index (χ2n) is 3.49. The van der Waals surface area contributed by atoms with Gasteiger partial charge in [-0.3, -0.25) is 0 Å². The van der Waals surface area contributed by atoms with Crippen LogP contribution in [0.5, 0.6) is 11.5 Å². The lowest BCUT2D eigenvalue weighted by Crippen LogP contribution is -2.09. The molecule has 2 heteroatoms. The van der Waals surface area contributed by atoms with Crippen molar-refractivity contribution in [2.45, 2.75) is 26.7 Å². The van der Waals surface area contributed by atoms with E-state index >= 15 is 0 Å². The fraction of sp³-hybridized carbons (Fsp3) is 0.500. The SMILES string of the molecule is CCC(CC)COc1cccc(O)c1. The highest BCUT2D eigenvalue weighted by atomic mass is 16.5. The van der Waals surface area contributed by atoms with Crippen LogP contribution in [0, 0.1) is 5.92 Å². The van der Waals surface area contributed by atoms with Crippen LogP contribution in [0.3, 0.4) is 0 Å². The van der Waals surface area contributed by atoms with E-state index in [2.05, 4.69) is 13.8 Å². The van der Waals surface area contributed by atoms with Gasteiger partial charge in [0.2, 0.25) is 0 Å². The summed E-state index contributed by atoms with van der Waals surface area (Å²) in [4.78, 5) is 0. The van der Waals surface area contributed by atoms with E-state index in [1.54, 1.807) is 18.2 Å². The van der Waals surface area contributed by atoms with Crippen molar-refractivity contribution in [2.24, 2.45) is 5.92 Å². The molecule has 0 aromatic heterocycles. The molecule has 2 nitrogen and oxygen atoms in total. The molecule has 0 aliphatic heterocycles. The molecule has 0 saturated heterocycles. The molecule has 0 amide bonds. The maximum atomic E-state index is 9.21. The zero-order valence-corrected chi connectivity index (χ0v) is 8.86. The van der Waals surface area contributed by atoms with Crippen molar-refractivity contribution in [1.82, 2.24) is 0 Å². The van der Waals surface area contributed by atoms with Crippen molar-refractivity contribution in [1.29, 1.82) is 0 Å². The zero-order chi connectivity index (χ0) is 10.4. The fourth-order valence-corrected chi connectivity index (χ4v) is 1.31. The molecule has 0 saturated carbocycles. The first-order valence-electron chi connectivity index (χ1n) is 5.18. The highest BCUT2D eigenvalue weighted by Gasteiger charge is 2.04. The Morgan fingerprint density at radius 2 is 2.00 bits per heavy atom. The molecule has 0 radical (unpaired) electrons. The third-order valence-electron chi connectivity index (χ3n) is 2.46. The Kier molecular flexibility index (Phi) is 4.30. The molecule has 0 fully saturated rings. The lowest BCUT2D eigenvalue weighted by atomic mass is 10.1. The molecule has 0 spiro atoms. The van der Waals surface area contributed by atoms with Gasteiger partial charge in [0.05, 0.1) is 6.61 Å². The number of ether oxygens (including phenoxy) is 1.